The number of aryl methyl sites for hydroxylation is 1. The van der Waals surface area contributed by atoms with Gasteiger partial charge < -0.3 is 15.5 Å². The van der Waals surface area contributed by atoms with E-state index in [0.717, 1.165) is 58.2 Å². The predicted octanol–water partition coefficient (Wildman–Crippen LogP) is 6.21. The Balaban J connectivity index is 1.24. The van der Waals surface area contributed by atoms with Gasteiger partial charge in [0.1, 0.15) is 0 Å². The highest BCUT2D eigenvalue weighted by atomic mass is 32.2. The maximum absolute atomic E-state index is 13.2. The van der Waals surface area contributed by atoms with Gasteiger partial charge in [0.2, 0.25) is 5.91 Å². The fourth-order valence-electron chi connectivity index (χ4n) is 4.42. The van der Waals surface area contributed by atoms with Crippen LogP contribution in [0.15, 0.2) is 71.1 Å². The molecule has 0 aliphatic carbocycles. The molecular formula is C29H28N4O3S2. The zero-order valence-electron chi connectivity index (χ0n) is 21.0. The number of carbonyl (C=O) groups is 3. The highest BCUT2D eigenvalue weighted by molar-refractivity contribution is 8.01. The predicted molar refractivity (Wildman–Crippen MR) is 154 cm³/mol. The molecular weight excluding hydrogens is 516 g/mol. The van der Waals surface area contributed by atoms with Crippen LogP contribution in [0.3, 0.4) is 0 Å². The molecule has 1 aromatic heterocycles. The van der Waals surface area contributed by atoms with Crippen LogP contribution in [0.2, 0.25) is 0 Å². The van der Waals surface area contributed by atoms with E-state index in [1.807, 2.05) is 48.2 Å². The van der Waals surface area contributed by atoms with Crippen LogP contribution in [0.1, 0.15) is 45.5 Å². The third-order valence-corrected chi connectivity index (χ3v) is 8.46. The quantitative estimate of drug-likeness (QED) is 0.270. The van der Waals surface area contributed by atoms with Crippen molar-refractivity contribution in [3.05, 3.63) is 83.4 Å². The molecule has 4 aromatic rings. The summed E-state index contributed by atoms with van der Waals surface area (Å²) in [5.74, 6) is -0.261. The van der Waals surface area contributed by atoms with Crippen LogP contribution in [-0.4, -0.2) is 46.4 Å². The molecule has 1 fully saturated rings. The Labute approximate surface area is 229 Å². The Bertz CT molecular complexity index is 1490. The first-order valence-corrected chi connectivity index (χ1v) is 14.4. The SMILES string of the molecule is Cc1cccc(NC(=O)CSc2nc3ccc(NC(=O)c4ccccc4C(=O)N4CCCCC4)cc3s2)c1. The van der Waals surface area contributed by atoms with Crippen LogP contribution >= 0.6 is 23.1 Å². The number of thioether (sulfide) groups is 1. The number of nitrogens with one attached hydrogen (secondary N) is 2. The maximum Gasteiger partial charge on any atom is 0.256 e. The lowest BCUT2D eigenvalue weighted by Gasteiger charge is -2.27. The average molecular weight is 545 g/mol. The summed E-state index contributed by atoms with van der Waals surface area (Å²) in [4.78, 5) is 45.1. The summed E-state index contributed by atoms with van der Waals surface area (Å²) in [5, 5.41) is 5.85. The highest BCUT2D eigenvalue weighted by Gasteiger charge is 2.23. The molecule has 7 nitrogen and oxygen atoms in total. The van der Waals surface area contributed by atoms with E-state index >= 15 is 0 Å². The zero-order chi connectivity index (χ0) is 26.5. The largest absolute Gasteiger partial charge is 0.339 e. The first-order chi connectivity index (χ1) is 18.5. The standard InChI is InChI=1S/C29H28N4O3S2/c1-19-8-7-9-20(16-19)30-26(34)18-37-29-32-24-13-12-21(17-25(24)38-29)31-27(35)22-10-3-4-11-23(22)28(36)33-14-5-2-6-15-33/h3-4,7-13,16-17H,2,5-6,14-15,18H2,1H3,(H,30,34)(H,31,35). The topological polar surface area (TPSA) is 91.4 Å². The number of aromatic nitrogens is 1. The number of anilines is 2. The molecule has 9 heteroatoms. The first-order valence-electron chi connectivity index (χ1n) is 12.6. The number of piperidine rings is 1. The van der Waals surface area contributed by atoms with E-state index in [-0.39, 0.29) is 23.5 Å². The summed E-state index contributed by atoms with van der Waals surface area (Å²) >= 11 is 2.85. The van der Waals surface area contributed by atoms with Crippen molar-refractivity contribution in [1.82, 2.24) is 9.88 Å². The van der Waals surface area contributed by atoms with Crippen LogP contribution in [0, 0.1) is 6.92 Å². The van der Waals surface area contributed by atoms with Crippen molar-refractivity contribution in [2.24, 2.45) is 0 Å². The molecule has 3 amide bonds. The molecule has 194 valence electrons. The Hall–Kier alpha value is -3.69. The van der Waals surface area contributed by atoms with Gasteiger partial charge in [0, 0.05) is 24.5 Å². The van der Waals surface area contributed by atoms with Crippen LogP contribution in [0.4, 0.5) is 11.4 Å². The van der Waals surface area contributed by atoms with Crippen LogP contribution in [0.5, 0.6) is 0 Å². The fraction of sp³-hybridized carbons (Fsp3) is 0.241. The summed E-state index contributed by atoms with van der Waals surface area (Å²) in [6, 6.07) is 20.2. The molecule has 3 aromatic carbocycles. The van der Waals surface area contributed by atoms with Crippen molar-refractivity contribution in [3.63, 3.8) is 0 Å². The number of nitrogens with zero attached hydrogens (tertiary/aromatic N) is 2. The first kappa shape index (κ1) is 25.9. The minimum Gasteiger partial charge on any atom is -0.339 e. The molecule has 0 bridgehead atoms. The third-order valence-electron chi connectivity index (χ3n) is 6.30. The van der Waals surface area contributed by atoms with Crippen molar-refractivity contribution in [1.29, 1.82) is 0 Å². The Morgan fingerprint density at radius 3 is 2.45 bits per heavy atom. The molecule has 38 heavy (non-hydrogen) atoms. The number of fused-ring (bicyclic) bond motifs is 1. The molecule has 1 aliphatic heterocycles. The second-order valence-corrected chi connectivity index (χ2v) is 11.5. The molecule has 0 atom stereocenters. The van der Waals surface area contributed by atoms with Gasteiger partial charge in [-0.25, -0.2) is 4.98 Å². The number of amides is 3. The third kappa shape index (κ3) is 6.23. The average Bonchev–Trinajstić information content (AvgIpc) is 3.34. The number of hydrogen-bond donors (Lipinski definition) is 2. The smallest absolute Gasteiger partial charge is 0.256 e. The van der Waals surface area contributed by atoms with E-state index in [1.54, 1.807) is 30.3 Å². The maximum atomic E-state index is 13.2. The van der Waals surface area contributed by atoms with Crippen LogP contribution in [-0.2, 0) is 4.79 Å². The van der Waals surface area contributed by atoms with Gasteiger partial charge in [-0.2, -0.15) is 0 Å². The van der Waals surface area contributed by atoms with E-state index in [2.05, 4.69) is 15.6 Å². The van der Waals surface area contributed by atoms with Crippen molar-refractivity contribution in [2.75, 3.05) is 29.5 Å². The van der Waals surface area contributed by atoms with E-state index in [1.165, 1.54) is 23.1 Å². The van der Waals surface area contributed by atoms with Gasteiger partial charge in [-0.15, -0.1) is 11.3 Å². The van der Waals surface area contributed by atoms with Gasteiger partial charge in [0.15, 0.2) is 4.34 Å². The van der Waals surface area contributed by atoms with Gasteiger partial charge in [0.05, 0.1) is 27.1 Å². The van der Waals surface area contributed by atoms with Crippen molar-refractivity contribution in [2.45, 2.75) is 30.5 Å². The Morgan fingerprint density at radius 2 is 1.66 bits per heavy atom. The second kappa shape index (κ2) is 11.8. The Morgan fingerprint density at radius 1 is 0.895 bits per heavy atom. The second-order valence-electron chi connectivity index (χ2n) is 9.22. The number of thiazole rings is 1. The molecule has 0 saturated carbocycles. The molecule has 0 unspecified atom stereocenters. The summed E-state index contributed by atoms with van der Waals surface area (Å²) in [5.41, 5.74) is 4.08. The van der Waals surface area contributed by atoms with Crippen LogP contribution in [0.25, 0.3) is 10.2 Å². The fourth-order valence-corrected chi connectivity index (χ4v) is 6.33. The van der Waals surface area contributed by atoms with E-state index in [9.17, 15) is 14.4 Å². The minimum absolute atomic E-state index is 0.0921. The number of hydrogen-bond acceptors (Lipinski definition) is 6. The lowest BCUT2D eigenvalue weighted by atomic mass is 10.0. The molecule has 2 heterocycles. The van der Waals surface area contributed by atoms with E-state index in [0.29, 0.717) is 16.8 Å². The number of carbonyl (C=O) groups excluding carboxylic acids is 3. The number of benzene rings is 3. The van der Waals surface area contributed by atoms with Gasteiger partial charge in [-0.1, -0.05) is 36.0 Å². The van der Waals surface area contributed by atoms with Crippen molar-refractivity contribution < 1.29 is 14.4 Å². The van der Waals surface area contributed by atoms with E-state index < -0.39 is 0 Å². The molecule has 0 radical (unpaired) electrons. The summed E-state index contributed by atoms with van der Waals surface area (Å²) in [6.45, 7) is 3.44. The molecule has 0 spiro atoms. The zero-order valence-corrected chi connectivity index (χ0v) is 22.7. The number of rotatable bonds is 7. The molecule has 1 aliphatic rings. The van der Waals surface area contributed by atoms with Gasteiger partial charge in [0.25, 0.3) is 11.8 Å². The lowest BCUT2D eigenvalue weighted by molar-refractivity contribution is -0.113. The number of likely N-dealkylation sites (tertiary alicyclic amines) is 1. The van der Waals surface area contributed by atoms with Gasteiger partial charge in [-0.3, -0.25) is 14.4 Å². The Kier molecular flexibility index (Phi) is 8.05. The van der Waals surface area contributed by atoms with Gasteiger partial charge >= 0.3 is 0 Å². The molecule has 2 N–H and O–H groups in total. The highest BCUT2D eigenvalue weighted by Crippen LogP contribution is 2.31. The van der Waals surface area contributed by atoms with Gasteiger partial charge in [-0.05, 0) is 74.2 Å². The summed E-state index contributed by atoms with van der Waals surface area (Å²) in [7, 11) is 0. The lowest BCUT2D eigenvalue weighted by Crippen LogP contribution is -2.36. The van der Waals surface area contributed by atoms with Crippen molar-refractivity contribution in [3.8, 4) is 0 Å². The monoisotopic (exact) mass is 544 g/mol. The summed E-state index contributed by atoms with van der Waals surface area (Å²) < 4.78 is 1.68. The molecule has 1 saturated heterocycles. The van der Waals surface area contributed by atoms with Crippen molar-refractivity contribution >= 4 is 62.4 Å². The normalized spacial score (nSPS) is 13.3. The van der Waals surface area contributed by atoms with Crippen LogP contribution < -0.4 is 10.6 Å². The van der Waals surface area contributed by atoms with E-state index in [4.69, 9.17) is 0 Å². The molecule has 5 rings (SSSR count). The summed E-state index contributed by atoms with van der Waals surface area (Å²) in [6.07, 6.45) is 3.12. The minimum atomic E-state index is -0.322.